The Bertz CT molecular complexity index is 276. The predicted octanol–water partition coefficient (Wildman–Crippen LogP) is 1.83. The summed E-state index contributed by atoms with van der Waals surface area (Å²) in [4.78, 5) is 12.4. The van der Waals surface area contributed by atoms with E-state index in [1.807, 2.05) is 0 Å². The fourth-order valence-electron chi connectivity index (χ4n) is 0.940. The number of carbonyl (C=O) groups excluding carboxylic acids is 1. The number of hydrogen-bond donors (Lipinski definition) is 1. The van der Waals surface area contributed by atoms with Crippen LogP contribution in [0.15, 0.2) is 6.20 Å². The molecular weight excluding hydrogens is 266 g/mol. The lowest BCUT2D eigenvalue weighted by Gasteiger charge is -2.03. The number of hydrogen-bond acceptors (Lipinski definition) is 4. The van der Waals surface area contributed by atoms with Gasteiger partial charge < -0.3 is 5.32 Å². The Balaban J connectivity index is 2.16. The molecule has 1 heterocycles. The van der Waals surface area contributed by atoms with Crippen LogP contribution in [0, 0.1) is 0 Å². The van der Waals surface area contributed by atoms with Crippen molar-refractivity contribution in [2.75, 3.05) is 6.54 Å². The van der Waals surface area contributed by atoms with Gasteiger partial charge in [-0.1, -0.05) is 27.3 Å². The molecular formula is C8H12BrN3OS. The molecule has 4 nitrogen and oxygen atoms in total. The van der Waals surface area contributed by atoms with Crippen molar-refractivity contribution in [3.63, 3.8) is 0 Å². The SMILES string of the molecule is CC(Br)CCCNC(=O)c1cnns1. The molecule has 0 bridgehead atoms. The van der Waals surface area contributed by atoms with Crippen molar-refractivity contribution in [1.82, 2.24) is 14.9 Å². The number of carbonyl (C=O) groups is 1. The maximum atomic E-state index is 11.4. The van der Waals surface area contributed by atoms with Crippen LogP contribution in [0.4, 0.5) is 0 Å². The highest BCUT2D eigenvalue weighted by atomic mass is 79.9. The van der Waals surface area contributed by atoms with E-state index in [2.05, 4.69) is 37.8 Å². The standard InChI is InChI=1S/C8H12BrN3OS/c1-6(9)3-2-4-10-8(13)7-5-11-12-14-7/h5-6H,2-4H2,1H3,(H,10,13). The van der Waals surface area contributed by atoms with E-state index in [4.69, 9.17) is 0 Å². The van der Waals surface area contributed by atoms with Gasteiger partial charge in [-0.2, -0.15) is 0 Å². The lowest BCUT2D eigenvalue weighted by molar-refractivity contribution is 0.0957. The molecule has 0 saturated heterocycles. The zero-order chi connectivity index (χ0) is 10.4. The van der Waals surface area contributed by atoms with Crippen molar-refractivity contribution in [3.05, 3.63) is 11.1 Å². The van der Waals surface area contributed by atoms with Gasteiger partial charge in [-0.3, -0.25) is 4.79 Å². The van der Waals surface area contributed by atoms with Gasteiger partial charge in [-0.25, -0.2) is 0 Å². The number of nitrogens with one attached hydrogen (secondary N) is 1. The van der Waals surface area contributed by atoms with Gasteiger partial charge in [0.2, 0.25) is 0 Å². The van der Waals surface area contributed by atoms with E-state index in [0.717, 1.165) is 24.4 Å². The first-order valence-electron chi connectivity index (χ1n) is 4.40. The van der Waals surface area contributed by atoms with Gasteiger partial charge in [0.25, 0.3) is 5.91 Å². The van der Waals surface area contributed by atoms with Gasteiger partial charge in [0.1, 0.15) is 4.88 Å². The third kappa shape index (κ3) is 4.15. The van der Waals surface area contributed by atoms with Gasteiger partial charge >= 0.3 is 0 Å². The van der Waals surface area contributed by atoms with Gasteiger partial charge in [-0.15, -0.1) is 5.10 Å². The van der Waals surface area contributed by atoms with Gasteiger partial charge in [0.05, 0.1) is 6.20 Å². The molecule has 1 N–H and O–H groups in total. The van der Waals surface area contributed by atoms with Crippen molar-refractivity contribution in [2.24, 2.45) is 0 Å². The van der Waals surface area contributed by atoms with Crippen molar-refractivity contribution < 1.29 is 4.79 Å². The van der Waals surface area contributed by atoms with Crippen LogP contribution in [0.3, 0.4) is 0 Å². The van der Waals surface area contributed by atoms with Crippen LogP contribution in [0.1, 0.15) is 29.4 Å². The van der Waals surface area contributed by atoms with Crippen LogP contribution in [0.25, 0.3) is 0 Å². The summed E-state index contributed by atoms with van der Waals surface area (Å²) in [5.41, 5.74) is 0. The second-order valence-corrected chi connectivity index (χ2v) is 5.31. The molecule has 0 fully saturated rings. The summed E-state index contributed by atoms with van der Waals surface area (Å²) >= 11 is 4.56. The first-order valence-corrected chi connectivity index (χ1v) is 6.08. The number of nitrogens with zero attached hydrogens (tertiary/aromatic N) is 2. The molecule has 0 aliphatic carbocycles. The topological polar surface area (TPSA) is 54.9 Å². The van der Waals surface area contributed by atoms with Crippen LogP contribution < -0.4 is 5.32 Å². The summed E-state index contributed by atoms with van der Waals surface area (Å²) in [6.45, 7) is 2.79. The van der Waals surface area contributed by atoms with Crippen LogP contribution in [-0.4, -0.2) is 26.9 Å². The Labute approximate surface area is 95.4 Å². The lowest BCUT2D eigenvalue weighted by atomic mass is 10.2. The van der Waals surface area contributed by atoms with E-state index in [0.29, 0.717) is 16.2 Å². The van der Waals surface area contributed by atoms with E-state index in [1.165, 1.54) is 6.20 Å². The normalized spacial score (nSPS) is 12.4. The monoisotopic (exact) mass is 277 g/mol. The molecule has 1 unspecified atom stereocenters. The third-order valence-corrected chi connectivity index (χ3v) is 2.77. The number of amides is 1. The second kappa shape index (κ2) is 6.08. The molecule has 0 saturated carbocycles. The largest absolute Gasteiger partial charge is 0.351 e. The molecule has 0 aliphatic heterocycles. The van der Waals surface area contributed by atoms with Crippen LogP contribution in [0.2, 0.25) is 0 Å². The maximum Gasteiger partial charge on any atom is 0.264 e. The maximum absolute atomic E-state index is 11.4. The molecule has 1 atom stereocenters. The van der Waals surface area contributed by atoms with Gasteiger partial charge in [-0.05, 0) is 24.4 Å². The van der Waals surface area contributed by atoms with Crippen LogP contribution in [0.5, 0.6) is 0 Å². The molecule has 1 aromatic heterocycles. The van der Waals surface area contributed by atoms with E-state index in [1.54, 1.807) is 0 Å². The Morgan fingerprint density at radius 3 is 3.14 bits per heavy atom. The van der Waals surface area contributed by atoms with Crippen LogP contribution >= 0.6 is 27.5 Å². The van der Waals surface area contributed by atoms with E-state index in [9.17, 15) is 4.79 Å². The molecule has 0 spiro atoms. The highest BCUT2D eigenvalue weighted by Crippen LogP contribution is 2.05. The van der Waals surface area contributed by atoms with E-state index >= 15 is 0 Å². The summed E-state index contributed by atoms with van der Waals surface area (Å²) in [6.07, 6.45) is 3.51. The quantitative estimate of drug-likeness (QED) is 0.660. The highest BCUT2D eigenvalue weighted by molar-refractivity contribution is 9.09. The third-order valence-electron chi connectivity index (χ3n) is 1.65. The van der Waals surface area contributed by atoms with Gasteiger partial charge in [0.15, 0.2) is 0 Å². The van der Waals surface area contributed by atoms with Crippen LogP contribution in [-0.2, 0) is 0 Å². The minimum atomic E-state index is -0.0813. The minimum Gasteiger partial charge on any atom is -0.351 e. The first kappa shape index (κ1) is 11.6. The Hall–Kier alpha value is -0.490. The first-order chi connectivity index (χ1) is 6.70. The zero-order valence-electron chi connectivity index (χ0n) is 7.86. The summed E-state index contributed by atoms with van der Waals surface area (Å²) in [7, 11) is 0. The highest BCUT2D eigenvalue weighted by Gasteiger charge is 2.06. The van der Waals surface area contributed by atoms with Crippen molar-refractivity contribution in [3.8, 4) is 0 Å². The number of halogens is 1. The fourth-order valence-corrected chi connectivity index (χ4v) is 1.69. The molecule has 14 heavy (non-hydrogen) atoms. The molecule has 0 aliphatic rings. The zero-order valence-corrected chi connectivity index (χ0v) is 10.3. The number of rotatable bonds is 5. The summed E-state index contributed by atoms with van der Waals surface area (Å²) in [6, 6.07) is 0. The Morgan fingerprint density at radius 1 is 1.79 bits per heavy atom. The summed E-state index contributed by atoms with van der Waals surface area (Å²) in [5, 5.41) is 6.41. The summed E-state index contributed by atoms with van der Waals surface area (Å²) < 4.78 is 3.62. The average molecular weight is 278 g/mol. The van der Waals surface area contributed by atoms with Crippen molar-refractivity contribution >= 4 is 33.4 Å². The molecule has 1 rings (SSSR count). The number of aromatic nitrogens is 2. The van der Waals surface area contributed by atoms with Gasteiger partial charge in [0, 0.05) is 11.4 Å². The smallest absolute Gasteiger partial charge is 0.264 e. The molecule has 0 aromatic carbocycles. The van der Waals surface area contributed by atoms with E-state index < -0.39 is 0 Å². The average Bonchev–Trinajstić information content (AvgIpc) is 2.64. The minimum absolute atomic E-state index is 0.0813. The predicted molar refractivity (Wildman–Crippen MR) is 59.9 cm³/mol. The number of alkyl halides is 1. The van der Waals surface area contributed by atoms with Crippen molar-refractivity contribution in [2.45, 2.75) is 24.6 Å². The molecule has 6 heteroatoms. The fraction of sp³-hybridized carbons (Fsp3) is 0.625. The Morgan fingerprint density at radius 2 is 2.57 bits per heavy atom. The second-order valence-electron chi connectivity index (χ2n) is 2.96. The molecule has 1 amide bonds. The summed E-state index contributed by atoms with van der Waals surface area (Å²) in [5.74, 6) is -0.0813. The molecule has 1 aromatic rings. The van der Waals surface area contributed by atoms with E-state index in [-0.39, 0.29) is 5.91 Å². The molecule has 0 radical (unpaired) electrons. The molecule has 78 valence electrons. The lowest BCUT2D eigenvalue weighted by Crippen LogP contribution is -2.23. The van der Waals surface area contributed by atoms with Crippen molar-refractivity contribution in [1.29, 1.82) is 0 Å². The Kier molecular flexibility index (Phi) is 5.03.